The van der Waals surface area contributed by atoms with Crippen LogP contribution in [0.4, 0.5) is 0 Å². The predicted molar refractivity (Wildman–Crippen MR) is 77.4 cm³/mol. The van der Waals surface area contributed by atoms with Gasteiger partial charge in [0.25, 0.3) is 0 Å². The molecule has 0 spiro atoms. The van der Waals surface area contributed by atoms with Crippen LogP contribution in [0.1, 0.15) is 49.4 Å². The lowest BCUT2D eigenvalue weighted by molar-refractivity contribution is 0.366. The minimum absolute atomic E-state index is 0.0142. The van der Waals surface area contributed by atoms with E-state index in [9.17, 15) is 0 Å². The van der Waals surface area contributed by atoms with Gasteiger partial charge in [-0.1, -0.05) is 41.9 Å². The summed E-state index contributed by atoms with van der Waals surface area (Å²) in [5.74, 6) is 1.62. The molecule has 0 amide bonds. The van der Waals surface area contributed by atoms with Gasteiger partial charge in [-0.25, -0.2) is 0 Å². The fourth-order valence-corrected chi connectivity index (χ4v) is 2.67. The summed E-state index contributed by atoms with van der Waals surface area (Å²) in [6, 6.07) is 10.5. The number of hydrogen-bond donors (Lipinski definition) is 1. The fraction of sp³-hybridized carbons (Fsp3) is 0.500. The average Bonchev–Trinajstić information content (AvgIpc) is 3.18. The van der Waals surface area contributed by atoms with Gasteiger partial charge in [0.1, 0.15) is 0 Å². The number of hydrogen-bond acceptors (Lipinski definition) is 4. The first-order valence-electron chi connectivity index (χ1n) is 7.44. The van der Waals surface area contributed by atoms with E-state index < -0.39 is 0 Å². The van der Waals surface area contributed by atoms with Crippen LogP contribution in [-0.2, 0) is 11.8 Å². The van der Waals surface area contributed by atoms with Crippen LogP contribution in [0, 0.1) is 0 Å². The number of rotatable bonds is 7. The van der Waals surface area contributed by atoms with Crippen molar-refractivity contribution < 1.29 is 4.52 Å². The van der Waals surface area contributed by atoms with Gasteiger partial charge in [0.15, 0.2) is 5.82 Å². The van der Waals surface area contributed by atoms with Crippen molar-refractivity contribution in [2.24, 2.45) is 5.73 Å². The van der Waals surface area contributed by atoms with Gasteiger partial charge in [0, 0.05) is 6.42 Å². The van der Waals surface area contributed by atoms with Crippen LogP contribution in [0.25, 0.3) is 0 Å². The lowest BCUT2D eigenvalue weighted by Gasteiger charge is -2.09. The lowest BCUT2D eigenvalue weighted by Crippen LogP contribution is -2.10. The minimum atomic E-state index is 0.0142. The molecule has 1 saturated carbocycles. The highest BCUT2D eigenvalue weighted by Crippen LogP contribution is 2.52. The first-order chi connectivity index (χ1) is 9.85. The number of nitrogens with zero attached hydrogens (tertiary/aromatic N) is 2. The van der Waals surface area contributed by atoms with Crippen LogP contribution in [-0.4, -0.2) is 16.7 Å². The Bertz CT molecular complexity index is 546. The molecule has 1 aliphatic rings. The topological polar surface area (TPSA) is 64.9 Å². The summed E-state index contributed by atoms with van der Waals surface area (Å²) < 4.78 is 5.40. The summed E-state index contributed by atoms with van der Waals surface area (Å²) in [5.41, 5.74) is 6.81. The molecule has 0 atom stereocenters. The zero-order valence-corrected chi connectivity index (χ0v) is 11.7. The highest BCUT2D eigenvalue weighted by atomic mass is 16.5. The highest BCUT2D eigenvalue weighted by molar-refractivity contribution is 5.38. The standard InChI is InChI=1S/C16H21N3O/c17-12-6-2-5-9-14-18-15(19-20-14)16(10-11-16)13-7-3-1-4-8-13/h1,3-4,7-8H,2,5-6,9-12,17H2. The second kappa shape index (κ2) is 5.75. The van der Waals surface area contributed by atoms with E-state index in [2.05, 4.69) is 34.4 Å². The Morgan fingerprint density at radius 2 is 1.90 bits per heavy atom. The first kappa shape index (κ1) is 13.3. The Morgan fingerprint density at radius 3 is 2.60 bits per heavy atom. The van der Waals surface area contributed by atoms with Crippen LogP contribution in [0.2, 0.25) is 0 Å². The summed E-state index contributed by atoms with van der Waals surface area (Å²) in [6.07, 6.45) is 6.34. The van der Waals surface area contributed by atoms with E-state index in [0.29, 0.717) is 0 Å². The minimum Gasteiger partial charge on any atom is -0.339 e. The molecule has 2 N–H and O–H groups in total. The molecule has 20 heavy (non-hydrogen) atoms. The van der Waals surface area contributed by atoms with Crippen LogP contribution >= 0.6 is 0 Å². The van der Waals surface area contributed by atoms with Crippen molar-refractivity contribution in [2.75, 3.05) is 6.54 Å². The molecule has 3 rings (SSSR count). The summed E-state index contributed by atoms with van der Waals surface area (Å²) >= 11 is 0. The van der Waals surface area contributed by atoms with Gasteiger partial charge in [0.05, 0.1) is 5.41 Å². The Hall–Kier alpha value is -1.68. The van der Waals surface area contributed by atoms with Crippen molar-refractivity contribution in [2.45, 2.75) is 43.9 Å². The number of aryl methyl sites for hydroxylation is 1. The second-order valence-electron chi connectivity index (χ2n) is 5.56. The molecule has 0 radical (unpaired) electrons. The lowest BCUT2D eigenvalue weighted by atomic mass is 9.95. The molecule has 1 heterocycles. The summed E-state index contributed by atoms with van der Waals surface area (Å²) in [4.78, 5) is 4.61. The SMILES string of the molecule is NCCCCCc1nc(C2(c3ccccc3)CC2)no1. The van der Waals surface area contributed by atoms with Gasteiger partial charge in [-0.2, -0.15) is 4.98 Å². The third-order valence-corrected chi connectivity index (χ3v) is 4.07. The van der Waals surface area contributed by atoms with E-state index >= 15 is 0 Å². The first-order valence-corrected chi connectivity index (χ1v) is 7.44. The van der Waals surface area contributed by atoms with E-state index in [1.165, 1.54) is 5.56 Å². The van der Waals surface area contributed by atoms with Crippen molar-refractivity contribution in [1.29, 1.82) is 0 Å². The molecular formula is C16H21N3O. The van der Waals surface area contributed by atoms with Crippen LogP contribution < -0.4 is 5.73 Å². The van der Waals surface area contributed by atoms with E-state index in [-0.39, 0.29) is 5.41 Å². The van der Waals surface area contributed by atoms with Crippen LogP contribution in [0.3, 0.4) is 0 Å². The zero-order valence-electron chi connectivity index (χ0n) is 11.7. The normalized spacial score (nSPS) is 16.2. The Morgan fingerprint density at radius 1 is 1.10 bits per heavy atom. The molecule has 1 fully saturated rings. The maximum Gasteiger partial charge on any atom is 0.226 e. The van der Waals surface area contributed by atoms with E-state index in [1.54, 1.807) is 0 Å². The summed E-state index contributed by atoms with van der Waals surface area (Å²) in [5, 5.41) is 4.21. The number of benzene rings is 1. The molecular weight excluding hydrogens is 250 g/mol. The van der Waals surface area contributed by atoms with Crippen LogP contribution in [0.5, 0.6) is 0 Å². The molecule has 1 aliphatic carbocycles. The van der Waals surface area contributed by atoms with Gasteiger partial charge < -0.3 is 10.3 Å². The summed E-state index contributed by atoms with van der Waals surface area (Å²) in [7, 11) is 0. The van der Waals surface area contributed by atoms with Crippen LogP contribution in [0.15, 0.2) is 34.9 Å². The Kier molecular flexibility index (Phi) is 3.83. The molecule has 4 heteroatoms. The molecule has 1 aromatic carbocycles. The van der Waals surface area contributed by atoms with Gasteiger partial charge in [-0.15, -0.1) is 0 Å². The molecule has 0 bridgehead atoms. The van der Waals surface area contributed by atoms with Gasteiger partial charge >= 0.3 is 0 Å². The molecule has 4 nitrogen and oxygen atoms in total. The molecule has 2 aromatic rings. The number of nitrogens with two attached hydrogens (primary N) is 1. The van der Waals surface area contributed by atoms with Gasteiger partial charge in [-0.05, 0) is 37.8 Å². The van der Waals surface area contributed by atoms with Crippen molar-refractivity contribution in [3.8, 4) is 0 Å². The third kappa shape index (κ3) is 2.61. The maximum atomic E-state index is 5.49. The molecule has 0 unspecified atom stereocenters. The molecule has 1 aromatic heterocycles. The van der Waals surface area contributed by atoms with Gasteiger partial charge in [-0.3, -0.25) is 0 Å². The largest absolute Gasteiger partial charge is 0.339 e. The molecule has 0 aliphatic heterocycles. The van der Waals surface area contributed by atoms with E-state index in [1.807, 2.05) is 6.07 Å². The van der Waals surface area contributed by atoms with Crippen molar-refractivity contribution in [3.05, 3.63) is 47.6 Å². The Labute approximate surface area is 119 Å². The average molecular weight is 271 g/mol. The fourth-order valence-electron chi connectivity index (χ4n) is 2.67. The van der Waals surface area contributed by atoms with E-state index in [4.69, 9.17) is 10.3 Å². The quantitative estimate of drug-likeness (QED) is 0.786. The van der Waals surface area contributed by atoms with Gasteiger partial charge in [0.2, 0.25) is 5.89 Å². The molecule has 0 saturated heterocycles. The van der Waals surface area contributed by atoms with E-state index in [0.717, 1.165) is 56.8 Å². The number of aromatic nitrogens is 2. The zero-order chi connectivity index (χ0) is 13.8. The molecule has 106 valence electrons. The smallest absolute Gasteiger partial charge is 0.226 e. The Balaban J connectivity index is 1.68. The third-order valence-electron chi connectivity index (χ3n) is 4.07. The predicted octanol–water partition coefficient (Wildman–Crippen LogP) is 2.82. The maximum absolute atomic E-state index is 5.49. The monoisotopic (exact) mass is 271 g/mol. The highest BCUT2D eigenvalue weighted by Gasteiger charge is 2.49. The second-order valence-corrected chi connectivity index (χ2v) is 5.56. The number of unbranched alkanes of at least 4 members (excludes halogenated alkanes) is 2. The van der Waals surface area contributed by atoms with Crippen molar-refractivity contribution in [3.63, 3.8) is 0 Å². The summed E-state index contributed by atoms with van der Waals surface area (Å²) in [6.45, 7) is 0.756. The van der Waals surface area contributed by atoms with Crippen molar-refractivity contribution in [1.82, 2.24) is 10.1 Å². The van der Waals surface area contributed by atoms with Crippen molar-refractivity contribution >= 4 is 0 Å².